The number of carbonyl (C=O) groups is 2. The first-order chi connectivity index (χ1) is 9.61. The van der Waals surface area contributed by atoms with E-state index in [0.717, 1.165) is 5.56 Å². The normalized spacial score (nSPS) is 17.9. The molecular weight excluding hydrogens is 262 g/mol. The number of amides is 1. The van der Waals surface area contributed by atoms with Crippen LogP contribution in [-0.4, -0.2) is 42.8 Å². The molecule has 0 spiro atoms. The van der Waals surface area contributed by atoms with Crippen molar-refractivity contribution in [3.8, 4) is 5.75 Å². The largest absolute Gasteiger partial charge is 0.480 e. The SMILES string of the molecule is COCC[C@H](NC(=O)[C@H]1Cc2ccccc2O1)C(=O)O. The highest BCUT2D eigenvalue weighted by Gasteiger charge is 2.31. The zero-order chi connectivity index (χ0) is 14.5. The molecule has 2 rings (SSSR count). The second-order valence-corrected chi connectivity index (χ2v) is 4.60. The number of hydrogen-bond donors (Lipinski definition) is 2. The topological polar surface area (TPSA) is 84.9 Å². The Labute approximate surface area is 116 Å². The maximum Gasteiger partial charge on any atom is 0.326 e. The zero-order valence-corrected chi connectivity index (χ0v) is 11.2. The molecule has 0 aromatic heterocycles. The molecule has 6 heteroatoms. The summed E-state index contributed by atoms with van der Waals surface area (Å²) in [5.41, 5.74) is 0.955. The van der Waals surface area contributed by atoms with Crippen molar-refractivity contribution in [1.82, 2.24) is 5.32 Å². The number of aliphatic carboxylic acids is 1. The summed E-state index contributed by atoms with van der Waals surface area (Å²) < 4.78 is 10.4. The lowest BCUT2D eigenvalue weighted by atomic mass is 10.1. The highest BCUT2D eigenvalue weighted by Crippen LogP contribution is 2.28. The van der Waals surface area contributed by atoms with Crippen LogP contribution in [0.3, 0.4) is 0 Å². The molecule has 0 unspecified atom stereocenters. The maximum atomic E-state index is 12.1. The van der Waals surface area contributed by atoms with Gasteiger partial charge in [0.05, 0.1) is 0 Å². The minimum Gasteiger partial charge on any atom is -0.480 e. The van der Waals surface area contributed by atoms with E-state index in [1.54, 1.807) is 6.07 Å². The Bertz CT molecular complexity index is 477. The lowest BCUT2D eigenvalue weighted by Gasteiger charge is -2.17. The van der Waals surface area contributed by atoms with E-state index >= 15 is 0 Å². The first-order valence-corrected chi connectivity index (χ1v) is 6.38. The van der Waals surface area contributed by atoms with E-state index in [2.05, 4.69) is 5.32 Å². The Morgan fingerprint density at radius 3 is 2.90 bits per heavy atom. The van der Waals surface area contributed by atoms with Gasteiger partial charge in [0, 0.05) is 26.6 Å². The average Bonchev–Trinajstić information content (AvgIpc) is 2.86. The van der Waals surface area contributed by atoms with Crippen molar-refractivity contribution in [1.29, 1.82) is 0 Å². The number of carbonyl (C=O) groups excluding carboxylic acids is 1. The van der Waals surface area contributed by atoms with Crippen LogP contribution in [0.2, 0.25) is 0 Å². The van der Waals surface area contributed by atoms with Gasteiger partial charge in [0.15, 0.2) is 6.10 Å². The number of para-hydroxylation sites is 1. The Morgan fingerprint density at radius 2 is 2.25 bits per heavy atom. The van der Waals surface area contributed by atoms with Gasteiger partial charge >= 0.3 is 5.97 Å². The minimum absolute atomic E-state index is 0.219. The molecule has 1 aliphatic heterocycles. The number of benzene rings is 1. The van der Waals surface area contributed by atoms with Gasteiger partial charge in [-0.2, -0.15) is 0 Å². The molecule has 2 N–H and O–H groups in total. The van der Waals surface area contributed by atoms with Gasteiger partial charge in [-0.25, -0.2) is 4.79 Å². The lowest BCUT2D eigenvalue weighted by Crippen LogP contribution is -2.47. The number of methoxy groups -OCH3 is 1. The van der Waals surface area contributed by atoms with Crippen LogP contribution in [0.5, 0.6) is 5.75 Å². The van der Waals surface area contributed by atoms with Crippen molar-refractivity contribution in [2.24, 2.45) is 0 Å². The molecule has 0 saturated carbocycles. The van der Waals surface area contributed by atoms with E-state index in [9.17, 15) is 9.59 Å². The van der Waals surface area contributed by atoms with Gasteiger partial charge in [-0.05, 0) is 11.6 Å². The van der Waals surface area contributed by atoms with E-state index in [0.29, 0.717) is 12.2 Å². The fourth-order valence-electron chi connectivity index (χ4n) is 2.09. The molecule has 0 aliphatic carbocycles. The minimum atomic E-state index is -1.08. The lowest BCUT2D eigenvalue weighted by molar-refractivity contribution is -0.143. The van der Waals surface area contributed by atoms with E-state index in [-0.39, 0.29) is 13.0 Å². The predicted octanol–water partition coefficient (Wildman–Crippen LogP) is 0.596. The molecule has 1 aromatic carbocycles. The van der Waals surface area contributed by atoms with Crippen molar-refractivity contribution in [2.75, 3.05) is 13.7 Å². The van der Waals surface area contributed by atoms with Crippen LogP contribution >= 0.6 is 0 Å². The van der Waals surface area contributed by atoms with Gasteiger partial charge in [0.2, 0.25) is 0 Å². The van der Waals surface area contributed by atoms with Crippen LogP contribution in [0, 0.1) is 0 Å². The van der Waals surface area contributed by atoms with Crippen LogP contribution in [-0.2, 0) is 20.7 Å². The second kappa shape index (κ2) is 6.38. The summed E-state index contributed by atoms with van der Waals surface area (Å²) in [6.45, 7) is 0.267. The van der Waals surface area contributed by atoms with Gasteiger partial charge in [-0.1, -0.05) is 18.2 Å². The summed E-state index contributed by atoms with van der Waals surface area (Å²) >= 11 is 0. The summed E-state index contributed by atoms with van der Waals surface area (Å²) in [6, 6.07) is 6.43. The van der Waals surface area contributed by atoms with Gasteiger partial charge in [-0.15, -0.1) is 0 Å². The number of hydrogen-bond acceptors (Lipinski definition) is 4. The number of nitrogens with one attached hydrogen (secondary N) is 1. The number of ether oxygens (including phenoxy) is 2. The molecule has 1 amide bonds. The summed E-state index contributed by atoms with van der Waals surface area (Å²) in [6.07, 6.45) is 0.00682. The van der Waals surface area contributed by atoms with Crippen LogP contribution in [0.4, 0.5) is 0 Å². The molecule has 108 valence electrons. The summed E-state index contributed by atoms with van der Waals surface area (Å²) in [7, 11) is 1.48. The molecule has 0 radical (unpaired) electrons. The predicted molar refractivity (Wildman–Crippen MR) is 70.6 cm³/mol. The fourth-order valence-corrected chi connectivity index (χ4v) is 2.09. The van der Waals surface area contributed by atoms with Gasteiger partial charge < -0.3 is 19.9 Å². The van der Waals surface area contributed by atoms with Crippen molar-refractivity contribution in [3.63, 3.8) is 0 Å². The third-order valence-electron chi connectivity index (χ3n) is 3.16. The van der Waals surface area contributed by atoms with E-state index < -0.39 is 24.0 Å². The van der Waals surface area contributed by atoms with Crippen molar-refractivity contribution >= 4 is 11.9 Å². The third-order valence-corrected chi connectivity index (χ3v) is 3.16. The van der Waals surface area contributed by atoms with Crippen LogP contribution in [0.15, 0.2) is 24.3 Å². The fraction of sp³-hybridized carbons (Fsp3) is 0.429. The van der Waals surface area contributed by atoms with Crippen LogP contribution < -0.4 is 10.1 Å². The summed E-state index contributed by atoms with van der Waals surface area (Å²) in [5, 5.41) is 11.5. The van der Waals surface area contributed by atoms with Gasteiger partial charge in [0.1, 0.15) is 11.8 Å². The third kappa shape index (κ3) is 3.27. The van der Waals surface area contributed by atoms with Gasteiger partial charge in [0.25, 0.3) is 5.91 Å². The molecule has 0 fully saturated rings. The number of carboxylic acid groups (broad SMARTS) is 1. The quantitative estimate of drug-likeness (QED) is 0.796. The first-order valence-electron chi connectivity index (χ1n) is 6.38. The van der Waals surface area contributed by atoms with Crippen molar-refractivity contribution in [2.45, 2.75) is 25.0 Å². The molecule has 1 aliphatic rings. The first kappa shape index (κ1) is 14.3. The number of fused-ring (bicyclic) bond motifs is 1. The maximum absolute atomic E-state index is 12.1. The van der Waals surface area contributed by atoms with E-state index in [4.69, 9.17) is 14.6 Å². The number of carboxylic acids is 1. The second-order valence-electron chi connectivity index (χ2n) is 4.60. The molecule has 6 nitrogen and oxygen atoms in total. The molecule has 20 heavy (non-hydrogen) atoms. The van der Waals surface area contributed by atoms with Crippen molar-refractivity contribution in [3.05, 3.63) is 29.8 Å². The van der Waals surface area contributed by atoms with Crippen LogP contribution in [0.25, 0.3) is 0 Å². The molecule has 2 atom stereocenters. The molecule has 0 saturated heterocycles. The van der Waals surface area contributed by atoms with Crippen LogP contribution in [0.1, 0.15) is 12.0 Å². The summed E-state index contributed by atoms with van der Waals surface area (Å²) in [5.74, 6) is -0.813. The zero-order valence-electron chi connectivity index (χ0n) is 11.2. The van der Waals surface area contributed by atoms with E-state index in [1.165, 1.54) is 7.11 Å². The molecular formula is C14H17NO5. The Morgan fingerprint density at radius 1 is 1.50 bits per heavy atom. The Balaban J connectivity index is 1.94. The van der Waals surface area contributed by atoms with Crippen molar-refractivity contribution < 1.29 is 24.2 Å². The molecule has 1 aromatic rings. The molecule has 1 heterocycles. The smallest absolute Gasteiger partial charge is 0.326 e. The molecule has 0 bridgehead atoms. The summed E-state index contributed by atoms with van der Waals surface area (Å²) in [4.78, 5) is 23.1. The monoisotopic (exact) mass is 279 g/mol. The Hall–Kier alpha value is -2.08. The number of rotatable bonds is 6. The average molecular weight is 279 g/mol. The van der Waals surface area contributed by atoms with E-state index in [1.807, 2.05) is 18.2 Å². The Kier molecular flexibility index (Phi) is 4.57. The van der Waals surface area contributed by atoms with Gasteiger partial charge in [-0.3, -0.25) is 4.79 Å². The standard InChI is InChI=1S/C14H17NO5/c1-19-7-6-10(14(17)18)15-13(16)12-8-9-4-2-3-5-11(9)20-12/h2-5,10,12H,6-8H2,1H3,(H,15,16)(H,17,18)/t10-,12+/m0/s1. The highest BCUT2D eigenvalue weighted by atomic mass is 16.5. The highest BCUT2D eigenvalue weighted by molar-refractivity contribution is 5.87.